The molecule has 0 spiro atoms. The summed E-state index contributed by atoms with van der Waals surface area (Å²) in [5.41, 5.74) is -0.341. The van der Waals surface area contributed by atoms with Crippen LogP contribution in [0.15, 0.2) is 0 Å². The van der Waals surface area contributed by atoms with Crippen LogP contribution in [0.1, 0.15) is 41.0 Å². The SMILES string of the molecule is CCC(COCC(C)C)(COCC(C)O)COCC(C)OC(=O)O. The maximum absolute atomic E-state index is 10.5. The summed E-state index contributed by atoms with van der Waals surface area (Å²) in [6.45, 7) is 11.8. The lowest BCUT2D eigenvalue weighted by Gasteiger charge is -2.33. The van der Waals surface area contributed by atoms with Crippen LogP contribution in [0.3, 0.4) is 0 Å². The zero-order valence-corrected chi connectivity index (χ0v) is 15.6. The van der Waals surface area contributed by atoms with Crippen molar-refractivity contribution in [3.05, 3.63) is 0 Å². The van der Waals surface area contributed by atoms with Gasteiger partial charge in [-0.3, -0.25) is 0 Å². The molecule has 7 nitrogen and oxygen atoms in total. The van der Waals surface area contributed by atoms with Crippen LogP contribution in [-0.4, -0.2) is 68.2 Å². The minimum Gasteiger partial charge on any atom is -0.450 e. The zero-order chi connectivity index (χ0) is 18.6. The molecule has 0 rings (SSSR count). The molecule has 0 aliphatic carbocycles. The smallest absolute Gasteiger partial charge is 0.450 e. The fraction of sp³-hybridized carbons (Fsp3) is 0.941. The molecule has 0 aromatic carbocycles. The van der Waals surface area contributed by atoms with E-state index in [1.54, 1.807) is 13.8 Å². The van der Waals surface area contributed by atoms with Gasteiger partial charge in [0.05, 0.1) is 39.1 Å². The van der Waals surface area contributed by atoms with E-state index in [4.69, 9.17) is 19.3 Å². The molecule has 0 fully saturated rings. The summed E-state index contributed by atoms with van der Waals surface area (Å²) in [4.78, 5) is 10.5. The normalized spacial score (nSPS) is 16.6. The highest BCUT2D eigenvalue weighted by molar-refractivity contribution is 5.56. The number of aliphatic hydroxyl groups is 1. The van der Waals surface area contributed by atoms with Gasteiger partial charge in [0.2, 0.25) is 0 Å². The van der Waals surface area contributed by atoms with Gasteiger partial charge in [0.1, 0.15) is 6.10 Å². The Morgan fingerprint density at radius 3 is 1.88 bits per heavy atom. The molecule has 0 aromatic rings. The molecule has 2 N–H and O–H groups in total. The Balaban J connectivity index is 4.53. The van der Waals surface area contributed by atoms with Crippen LogP contribution in [0.5, 0.6) is 0 Å². The zero-order valence-electron chi connectivity index (χ0n) is 15.6. The van der Waals surface area contributed by atoms with E-state index in [-0.39, 0.29) is 18.6 Å². The van der Waals surface area contributed by atoms with Crippen LogP contribution >= 0.6 is 0 Å². The lowest BCUT2D eigenvalue weighted by molar-refractivity contribution is -0.0942. The van der Waals surface area contributed by atoms with Gasteiger partial charge in [-0.15, -0.1) is 0 Å². The van der Waals surface area contributed by atoms with Crippen molar-refractivity contribution >= 4 is 6.16 Å². The van der Waals surface area contributed by atoms with Crippen molar-refractivity contribution in [3.8, 4) is 0 Å². The molecule has 0 amide bonds. The van der Waals surface area contributed by atoms with Gasteiger partial charge in [-0.05, 0) is 26.2 Å². The molecule has 0 saturated heterocycles. The Morgan fingerprint density at radius 2 is 1.46 bits per heavy atom. The van der Waals surface area contributed by atoms with Gasteiger partial charge in [0, 0.05) is 12.0 Å². The summed E-state index contributed by atoms with van der Waals surface area (Å²) < 4.78 is 21.7. The summed E-state index contributed by atoms with van der Waals surface area (Å²) in [6, 6.07) is 0. The minimum absolute atomic E-state index is 0.175. The first-order valence-corrected chi connectivity index (χ1v) is 8.51. The largest absolute Gasteiger partial charge is 0.506 e. The van der Waals surface area contributed by atoms with Gasteiger partial charge >= 0.3 is 6.16 Å². The molecular formula is C17H34O7. The van der Waals surface area contributed by atoms with Crippen LogP contribution in [0.2, 0.25) is 0 Å². The van der Waals surface area contributed by atoms with Gasteiger partial charge in [0.15, 0.2) is 0 Å². The minimum atomic E-state index is -1.31. The molecule has 144 valence electrons. The van der Waals surface area contributed by atoms with Crippen molar-refractivity contribution in [1.82, 2.24) is 0 Å². The fourth-order valence-corrected chi connectivity index (χ4v) is 2.04. The molecule has 0 aromatic heterocycles. The quantitative estimate of drug-likeness (QED) is 0.465. The molecule has 0 aliphatic heterocycles. The fourth-order valence-electron chi connectivity index (χ4n) is 2.04. The van der Waals surface area contributed by atoms with E-state index in [0.717, 1.165) is 6.42 Å². The molecule has 24 heavy (non-hydrogen) atoms. The van der Waals surface area contributed by atoms with Crippen LogP contribution in [-0.2, 0) is 18.9 Å². The maximum Gasteiger partial charge on any atom is 0.506 e. The summed E-state index contributed by atoms with van der Waals surface area (Å²) >= 11 is 0. The van der Waals surface area contributed by atoms with Crippen LogP contribution in [0, 0.1) is 11.3 Å². The lowest BCUT2D eigenvalue weighted by Crippen LogP contribution is -2.38. The number of hydrogen-bond donors (Lipinski definition) is 2. The number of carbonyl (C=O) groups is 1. The number of hydrogen-bond acceptors (Lipinski definition) is 6. The Hall–Kier alpha value is -0.890. The van der Waals surface area contributed by atoms with Gasteiger partial charge in [-0.2, -0.15) is 0 Å². The Morgan fingerprint density at radius 1 is 0.958 bits per heavy atom. The van der Waals surface area contributed by atoms with Crippen molar-refractivity contribution < 1.29 is 34.0 Å². The molecule has 7 heteroatoms. The van der Waals surface area contributed by atoms with Crippen LogP contribution in [0.4, 0.5) is 4.79 Å². The molecular weight excluding hydrogens is 316 g/mol. The Labute approximate surface area is 145 Å². The van der Waals surface area contributed by atoms with Crippen LogP contribution in [0.25, 0.3) is 0 Å². The summed E-state index contributed by atoms with van der Waals surface area (Å²) in [5.74, 6) is 0.433. The Bertz CT molecular complexity index is 317. The number of ether oxygens (including phenoxy) is 4. The van der Waals surface area contributed by atoms with Crippen molar-refractivity contribution in [2.24, 2.45) is 11.3 Å². The van der Waals surface area contributed by atoms with Crippen LogP contribution < -0.4 is 0 Å². The first kappa shape index (κ1) is 23.1. The highest BCUT2D eigenvalue weighted by Crippen LogP contribution is 2.24. The van der Waals surface area contributed by atoms with Crippen molar-refractivity contribution in [1.29, 1.82) is 0 Å². The number of carboxylic acid groups (broad SMARTS) is 1. The first-order valence-electron chi connectivity index (χ1n) is 8.51. The predicted octanol–water partition coefficient (Wildman–Crippen LogP) is 2.55. The molecule has 3 unspecified atom stereocenters. The molecule has 0 aliphatic rings. The molecule has 0 heterocycles. The van der Waals surface area contributed by atoms with Crippen molar-refractivity contribution in [2.45, 2.75) is 53.2 Å². The lowest BCUT2D eigenvalue weighted by atomic mass is 9.88. The van der Waals surface area contributed by atoms with E-state index in [0.29, 0.717) is 32.3 Å². The third kappa shape index (κ3) is 11.6. The molecule has 3 atom stereocenters. The van der Waals surface area contributed by atoms with E-state index in [9.17, 15) is 9.90 Å². The summed E-state index contributed by atoms with van der Waals surface area (Å²) in [6.07, 6.45) is -1.60. The van der Waals surface area contributed by atoms with E-state index in [1.807, 2.05) is 6.92 Å². The Kier molecular flexibility index (Phi) is 12.0. The van der Waals surface area contributed by atoms with Gasteiger partial charge in [-0.25, -0.2) is 4.79 Å². The summed E-state index contributed by atoms with van der Waals surface area (Å²) in [7, 11) is 0. The predicted molar refractivity (Wildman–Crippen MR) is 90.3 cm³/mol. The summed E-state index contributed by atoms with van der Waals surface area (Å²) in [5, 5.41) is 17.9. The van der Waals surface area contributed by atoms with Gasteiger partial charge in [-0.1, -0.05) is 20.8 Å². The third-order valence-corrected chi connectivity index (χ3v) is 3.44. The molecule has 0 bridgehead atoms. The van der Waals surface area contributed by atoms with Crippen molar-refractivity contribution in [2.75, 3.05) is 39.6 Å². The second-order valence-electron chi connectivity index (χ2n) is 6.84. The highest BCUT2D eigenvalue weighted by atomic mass is 16.7. The topological polar surface area (TPSA) is 94.5 Å². The highest BCUT2D eigenvalue weighted by Gasteiger charge is 2.30. The van der Waals surface area contributed by atoms with Gasteiger partial charge < -0.3 is 29.2 Å². The third-order valence-electron chi connectivity index (χ3n) is 3.44. The number of rotatable bonds is 14. The standard InChI is InChI=1S/C17H34O7/c1-6-17(10-21-7-13(2)3,11-22-8-14(4)18)12-23-9-15(5)24-16(19)20/h13-15,18H,6-12H2,1-5H3,(H,19,20). The first-order chi connectivity index (χ1) is 11.2. The van der Waals surface area contributed by atoms with E-state index in [2.05, 4.69) is 18.6 Å². The second kappa shape index (κ2) is 12.5. The second-order valence-corrected chi connectivity index (χ2v) is 6.84. The molecule has 0 radical (unpaired) electrons. The van der Waals surface area contributed by atoms with Gasteiger partial charge in [0.25, 0.3) is 0 Å². The monoisotopic (exact) mass is 350 g/mol. The van der Waals surface area contributed by atoms with E-state index < -0.39 is 18.4 Å². The maximum atomic E-state index is 10.5. The van der Waals surface area contributed by atoms with E-state index in [1.165, 1.54) is 0 Å². The average molecular weight is 350 g/mol. The van der Waals surface area contributed by atoms with Crippen molar-refractivity contribution in [3.63, 3.8) is 0 Å². The average Bonchev–Trinajstić information content (AvgIpc) is 2.45. The number of aliphatic hydroxyl groups excluding tert-OH is 1. The van der Waals surface area contributed by atoms with E-state index >= 15 is 0 Å². The molecule has 0 saturated carbocycles.